The summed E-state index contributed by atoms with van der Waals surface area (Å²) in [6.45, 7) is 2.32. The molecule has 2 heterocycles. The number of nitrogens with zero attached hydrogens (tertiary/aromatic N) is 2. The standard InChI is InChI=1S/C16H14BrClN4O/c1-10-2-4-12(6-14(10)17)21-16(23)19-7-13-9-22-8-11(18)3-5-15(22)20-13/h2-6,8-9H,7H2,1H3,(H2,19,21,23). The highest BCUT2D eigenvalue weighted by molar-refractivity contribution is 9.10. The Bertz CT molecular complexity index is 878. The van der Waals surface area contributed by atoms with Crippen LogP contribution in [0.3, 0.4) is 0 Å². The molecule has 2 N–H and O–H groups in total. The van der Waals surface area contributed by atoms with Crippen LogP contribution in [-0.4, -0.2) is 15.4 Å². The topological polar surface area (TPSA) is 58.4 Å². The van der Waals surface area contributed by atoms with Gasteiger partial charge >= 0.3 is 6.03 Å². The second-order valence-electron chi connectivity index (χ2n) is 5.12. The van der Waals surface area contributed by atoms with E-state index in [0.29, 0.717) is 11.6 Å². The van der Waals surface area contributed by atoms with Crippen molar-refractivity contribution < 1.29 is 4.79 Å². The number of hydrogen-bond acceptors (Lipinski definition) is 2. The maximum absolute atomic E-state index is 12.0. The summed E-state index contributed by atoms with van der Waals surface area (Å²) in [5.41, 5.74) is 3.38. The Hall–Kier alpha value is -2.05. The number of nitrogens with one attached hydrogen (secondary N) is 2. The predicted octanol–water partition coefficient (Wildman–Crippen LogP) is 4.38. The van der Waals surface area contributed by atoms with E-state index >= 15 is 0 Å². The maximum atomic E-state index is 12.0. The van der Waals surface area contributed by atoms with E-state index in [2.05, 4.69) is 31.5 Å². The minimum atomic E-state index is -0.282. The van der Waals surface area contributed by atoms with Crippen molar-refractivity contribution in [2.75, 3.05) is 5.32 Å². The first-order valence-corrected chi connectivity index (χ1v) is 8.12. The van der Waals surface area contributed by atoms with Crippen molar-refractivity contribution in [3.8, 4) is 0 Å². The van der Waals surface area contributed by atoms with Gasteiger partial charge in [-0.2, -0.15) is 0 Å². The van der Waals surface area contributed by atoms with Gasteiger partial charge in [-0.1, -0.05) is 33.6 Å². The average Bonchev–Trinajstić information content (AvgIpc) is 2.91. The monoisotopic (exact) mass is 392 g/mol. The first kappa shape index (κ1) is 15.8. The van der Waals surface area contributed by atoms with Gasteiger partial charge in [-0.15, -0.1) is 0 Å². The number of anilines is 1. The molecule has 0 fully saturated rings. The molecule has 118 valence electrons. The molecule has 0 aliphatic carbocycles. The lowest BCUT2D eigenvalue weighted by atomic mass is 10.2. The number of pyridine rings is 1. The molecular weight excluding hydrogens is 380 g/mol. The summed E-state index contributed by atoms with van der Waals surface area (Å²) in [5, 5.41) is 6.21. The fraction of sp³-hybridized carbons (Fsp3) is 0.125. The molecule has 0 saturated carbocycles. The zero-order chi connectivity index (χ0) is 16.4. The number of benzene rings is 1. The highest BCUT2D eigenvalue weighted by Gasteiger charge is 2.06. The molecule has 0 aliphatic rings. The van der Waals surface area contributed by atoms with Crippen LogP contribution in [0.5, 0.6) is 0 Å². The van der Waals surface area contributed by atoms with Crippen molar-refractivity contribution >= 4 is 44.9 Å². The van der Waals surface area contributed by atoms with Gasteiger partial charge in [0.25, 0.3) is 0 Å². The number of aryl methyl sites for hydroxylation is 1. The number of aromatic nitrogens is 2. The number of urea groups is 1. The summed E-state index contributed by atoms with van der Waals surface area (Å²) in [4.78, 5) is 16.4. The molecule has 0 saturated heterocycles. The first-order chi connectivity index (χ1) is 11.0. The summed E-state index contributed by atoms with van der Waals surface area (Å²) in [6.07, 6.45) is 3.61. The largest absolute Gasteiger partial charge is 0.332 e. The highest BCUT2D eigenvalue weighted by atomic mass is 79.9. The number of amides is 2. The van der Waals surface area contributed by atoms with Gasteiger partial charge in [0.2, 0.25) is 0 Å². The molecular formula is C16H14BrClN4O. The van der Waals surface area contributed by atoms with Gasteiger partial charge in [0.05, 0.1) is 17.3 Å². The Balaban J connectivity index is 1.62. The van der Waals surface area contributed by atoms with Gasteiger partial charge in [-0.3, -0.25) is 0 Å². The Kier molecular flexibility index (Phi) is 4.54. The van der Waals surface area contributed by atoms with Gasteiger partial charge < -0.3 is 15.0 Å². The van der Waals surface area contributed by atoms with Crippen LogP contribution in [-0.2, 0) is 6.54 Å². The molecule has 2 aromatic heterocycles. The molecule has 0 unspecified atom stereocenters. The minimum absolute atomic E-state index is 0.282. The van der Waals surface area contributed by atoms with E-state index in [-0.39, 0.29) is 6.03 Å². The zero-order valence-corrected chi connectivity index (χ0v) is 14.6. The molecule has 23 heavy (non-hydrogen) atoms. The highest BCUT2D eigenvalue weighted by Crippen LogP contribution is 2.20. The van der Waals surface area contributed by atoms with E-state index in [0.717, 1.165) is 27.1 Å². The quantitative estimate of drug-likeness (QED) is 0.694. The number of carbonyl (C=O) groups excluding carboxylic acids is 1. The molecule has 5 nitrogen and oxygen atoms in total. The SMILES string of the molecule is Cc1ccc(NC(=O)NCc2cn3cc(Cl)ccc3n2)cc1Br. The van der Waals surface area contributed by atoms with Crippen LogP contribution >= 0.6 is 27.5 Å². The average molecular weight is 394 g/mol. The third-order valence-electron chi connectivity index (χ3n) is 3.32. The summed E-state index contributed by atoms with van der Waals surface area (Å²) in [7, 11) is 0. The summed E-state index contributed by atoms with van der Waals surface area (Å²) in [5.74, 6) is 0. The van der Waals surface area contributed by atoms with Crippen LogP contribution in [0.4, 0.5) is 10.5 Å². The second-order valence-corrected chi connectivity index (χ2v) is 6.41. The van der Waals surface area contributed by atoms with Crippen LogP contribution in [0.25, 0.3) is 5.65 Å². The normalized spacial score (nSPS) is 10.7. The smallest absolute Gasteiger partial charge is 0.319 e. The number of fused-ring (bicyclic) bond motifs is 1. The lowest BCUT2D eigenvalue weighted by molar-refractivity contribution is 0.251. The lowest BCUT2D eigenvalue weighted by Gasteiger charge is -2.07. The van der Waals surface area contributed by atoms with Crippen LogP contribution in [0, 0.1) is 6.92 Å². The fourth-order valence-corrected chi connectivity index (χ4v) is 2.67. The van der Waals surface area contributed by atoms with Gasteiger partial charge in [-0.25, -0.2) is 9.78 Å². The Morgan fingerprint density at radius 3 is 2.91 bits per heavy atom. The van der Waals surface area contributed by atoms with Gasteiger partial charge in [0.1, 0.15) is 5.65 Å². The lowest BCUT2D eigenvalue weighted by Crippen LogP contribution is -2.28. The van der Waals surface area contributed by atoms with Crippen molar-refractivity contribution in [1.82, 2.24) is 14.7 Å². The van der Waals surface area contributed by atoms with Crippen molar-refractivity contribution in [1.29, 1.82) is 0 Å². The van der Waals surface area contributed by atoms with Gasteiger partial charge in [0.15, 0.2) is 0 Å². The summed E-state index contributed by atoms with van der Waals surface area (Å²) < 4.78 is 2.78. The molecule has 0 bridgehead atoms. The second kappa shape index (κ2) is 6.60. The molecule has 3 aromatic rings. The summed E-state index contributed by atoms with van der Waals surface area (Å²) in [6, 6.07) is 8.98. The molecule has 2 amide bonds. The van der Waals surface area contributed by atoms with Crippen LogP contribution < -0.4 is 10.6 Å². The van der Waals surface area contributed by atoms with Crippen LogP contribution in [0.2, 0.25) is 5.02 Å². The molecule has 0 spiro atoms. The van der Waals surface area contributed by atoms with Crippen molar-refractivity contribution in [3.05, 3.63) is 63.5 Å². The van der Waals surface area contributed by atoms with Crippen molar-refractivity contribution in [2.24, 2.45) is 0 Å². The predicted molar refractivity (Wildman–Crippen MR) is 94.9 cm³/mol. The summed E-state index contributed by atoms with van der Waals surface area (Å²) >= 11 is 9.38. The van der Waals surface area contributed by atoms with Gasteiger partial charge in [0, 0.05) is 22.6 Å². The van der Waals surface area contributed by atoms with E-state index in [1.165, 1.54) is 0 Å². The van der Waals surface area contributed by atoms with Crippen LogP contribution in [0.15, 0.2) is 47.2 Å². The van der Waals surface area contributed by atoms with Crippen molar-refractivity contribution in [3.63, 3.8) is 0 Å². The number of halogens is 2. The number of imidazole rings is 1. The molecule has 0 atom stereocenters. The van der Waals surface area contributed by atoms with E-state index in [4.69, 9.17) is 11.6 Å². The van der Waals surface area contributed by atoms with Crippen LogP contribution in [0.1, 0.15) is 11.3 Å². The number of hydrogen-bond donors (Lipinski definition) is 2. The minimum Gasteiger partial charge on any atom is -0.332 e. The third-order valence-corrected chi connectivity index (χ3v) is 4.40. The first-order valence-electron chi connectivity index (χ1n) is 6.95. The molecule has 0 radical (unpaired) electrons. The Labute approximate surface area is 146 Å². The molecule has 1 aromatic carbocycles. The Morgan fingerprint density at radius 1 is 1.30 bits per heavy atom. The fourth-order valence-electron chi connectivity index (χ4n) is 2.12. The van der Waals surface area contributed by atoms with E-state index in [1.54, 1.807) is 12.3 Å². The van der Waals surface area contributed by atoms with Gasteiger partial charge in [-0.05, 0) is 36.8 Å². The van der Waals surface area contributed by atoms with Crippen molar-refractivity contribution in [2.45, 2.75) is 13.5 Å². The molecule has 7 heteroatoms. The van der Waals surface area contributed by atoms with E-state index in [9.17, 15) is 4.79 Å². The van der Waals surface area contributed by atoms with E-state index < -0.39 is 0 Å². The zero-order valence-electron chi connectivity index (χ0n) is 12.3. The third kappa shape index (κ3) is 3.83. The maximum Gasteiger partial charge on any atom is 0.319 e. The number of carbonyl (C=O) groups is 1. The molecule has 0 aliphatic heterocycles. The molecule has 3 rings (SSSR count). The Morgan fingerprint density at radius 2 is 2.13 bits per heavy atom. The van der Waals surface area contributed by atoms with E-state index in [1.807, 2.05) is 41.8 Å². The number of rotatable bonds is 3.